The summed E-state index contributed by atoms with van der Waals surface area (Å²) < 4.78 is 118. The molecule has 0 spiro atoms. The molecule has 0 amide bonds. The maximum atomic E-state index is 12.5. The molecule has 19 heavy (non-hydrogen) atoms. The Balaban J connectivity index is 5.26. The lowest BCUT2D eigenvalue weighted by atomic mass is 10.3. The van der Waals surface area contributed by atoms with Crippen molar-refractivity contribution in [1.82, 2.24) is 0 Å². The molecule has 0 radical (unpaired) electrons. The second-order valence-corrected chi connectivity index (χ2v) is 4.30. The first-order valence-electron chi connectivity index (χ1n) is 3.80. The van der Waals surface area contributed by atoms with Gasteiger partial charge in [-0.05, 0) is 0 Å². The van der Waals surface area contributed by atoms with Crippen molar-refractivity contribution in [3.05, 3.63) is 0 Å². The van der Waals surface area contributed by atoms with Crippen LogP contribution in [0.15, 0.2) is 0 Å². The van der Waals surface area contributed by atoms with Crippen molar-refractivity contribution in [3.8, 4) is 0 Å². The van der Waals surface area contributed by atoms with Crippen LogP contribution in [0.3, 0.4) is 0 Å². The Morgan fingerprint density at radius 2 is 1.16 bits per heavy atom. The third-order valence-corrected chi connectivity index (χ3v) is 2.11. The van der Waals surface area contributed by atoms with Crippen LogP contribution < -0.4 is 0 Å². The molecule has 13 heteroatoms. The zero-order chi connectivity index (χ0) is 15.9. The highest BCUT2D eigenvalue weighted by Gasteiger charge is 2.66. The van der Waals surface area contributed by atoms with E-state index in [0.29, 0.717) is 0 Å². The summed E-state index contributed by atoms with van der Waals surface area (Å²) in [5.74, 6) is -9.48. The Bertz CT molecular complexity index is 325. The van der Waals surface area contributed by atoms with Crippen molar-refractivity contribution in [2.24, 2.45) is 0 Å². The SMILES string of the molecule is O=C(OC(C(F)(F)F)C(F)(F)F)C(F)(F)C(F)(F)I. The van der Waals surface area contributed by atoms with Crippen molar-refractivity contribution < 1.29 is 53.4 Å². The normalized spacial score (nSPS) is 14.7. The summed E-state index contributed by atoms with van der Waals surface area (Å²) in [6, 6.07) is 0. The van der Waals surface area contributed by atoms with E-state index in [1.54, 1.807) is 0 Å². The van der Waals surface area contributed by atoms with Gasteiger partial charge >= 0.3 is 28.2 Å². The molecule has 0 aromatic heterocycles. The molecule has 0 aromatic carbocycles. The maximum Gasteiger partial charge on any atom is 0.434 e. The van der Waals surface area contributed by atoms with Crippen LogP contribution in [0.2, 0.25) is 0 Å². The highest BCUT2D eigenvalue weighted by Crippen LogP contribution is 2.43. The fourth-order valence-corrected chi connectivity index (χ4v) is 0.836. The van der Waals surface area contributed by atoms with E-state index < -0.39 is 34.3 Å². The molecule has 0 rings (SSSR count). The van der Waals surface area contributed by atoms with Gasteiger partial charge < -0.3 is 4.74 Å². The van der Waals surface area contributed by atoms with E-state index in [2.05, 4.69) is 4.74 Å². The van der Waals surface area contributed by atoms with Crippen molar-refractivity contribution in [3.63, 3.8) is 0 Å². The topological polar surface area (TPSA) is 26.3 Å². The van der Waals surface area contributed by atoms with Crippen LogP contribution in [-0.2, 0) is 9.53 Å². The predicted octanol–water partition coefficient (Wildman–Crippen LogP) is 3.69. The summed E-state index contributed by atoms with van der Waals surface area (Å²) in [5.41, 5.74) is 0. The minimum Gasteiger partial charge on any atom is -0.438 e. The highest BCUT2D eigenvalue weighted by molar-refractivity contribution is 14.1. The zero-order valence-electron chi connectivity index (χ0n) is 8.05. The molecule has 2 nitrogen and oxygen atoms in total. The minimum absolute atomic E-state index is 0.323. The Hall–Kier alpha value is -0.500. The number of esters is 1. The molecule has 0 bridgehead atoms. The molecule has 0 heterocycles. The van der Waals surface area contributed by atoms with E-state index in [1.807, 2.05) is 0 Å². The lowest BCUT2D eigenvalue weighted by Gasteiger charge is -2.26. The van der Waals surface area contributed by atoms with E-state index in [9.17, 15) is 48.7 Å². The van der Waals surface area contributed by atoms with Gasteiger partial charge in [0.2, 0.25) is 0 Å². The Morgan fingerprint density at radius 3 is 1.37 bits per heavy atom. The zero-order valence-corrected chi connectivity index (χ0v) is 10.2. The second-order valence-electron chi connectivity index (χ2n) is 2.94. The first-order valence-corrected chi connectivity index (χ1v) is 4.88. The second kappa shape index (κ2) is 5.12. The summed E-state index contributed by atoms with van der Waals surface area (Å²) in [4.78, 5) is 10.4. The largest absolute Gasteiger partial charge is 0.438 e. The van der Waals surface area contributed by atoms with Gasteiger partial charge in [-0.1, -0.05) is 0 Å². The van der Waals surface area contributed by atoms with Crippen LogP contribution in [0.5, 0.6) is 0 Å². The van der Waals surface area contributed by atoms with Gasteiger partial charge in [0, 0.05) is 22.6 Å². The molecule has 0 N–H and O–H groups in total. The first-order chi connectivity index (χ1) is 8.01. The van der Waals surface area contributed by atoms with Gasteiger partial charge in [0.15, 0.2) is 0 Å². The summed E-state index contributed by atoms with van der Waals surface area (Å²) in [5, 5.41) is 0. The Kier molecular flexibility index (Phi) is 4.99. The van der Waals surface area contributed by atoms with Crippen molar-refractivity contribution >= 4 is 28.6 Å². The molecule has 0 unspecified atom stereocenters. The lowest BCUT2D eigenvalue weighted by Crippen LogP contribution is -2.51. The van der Waals surface area contributed by atoms with Crippen molar-refractivity contribution in [2.45, 2.75) is 28.3 Å². The van der Waals surface area contributed by atoms with E-state index >= 15 is 0 Å². The van der Waals surface area contributed by atoms with E-state index in [4.69, 9.17) is 0 Å². The standard InChI is InChI=1S/C6HF10IO2/c7-3(8,6(15,16)17)2(18)19-1(4(9,10)11)5(12,13)14/h1H. The quantitative estimate of drug-likeness (QED) is 0.301. The minimum atomic E-state index is -6.27. The van der Waals surface area contributed by atoms with Gasteiger partial charge in [-0.2, -0.15) is 43.9 Å². The number of carbonyl (C=O) groups is 1. The fraction of sp³-hybridized carbons (Fsp3) is 0.833. The molecule has 0 fully saturated rings. The van der Waals surface area contributed by atoms with Gasteiger partial charge in [0.1, 0.15) is 0 Å². The number of hydrogen-bond donors (Lipinski definition) is 0. The molecule has 0 aliphatic carbocycles. The number of ether oxygens (including phenoxy) is 1. The van der Waals surface area contributed by atoms with E-state index in [1.165, 1.54) is 0 Å². The summed E-state index contributed by atoms with van der Waals surface area (Å²) in [6.45, 7) is 0. The number of hydrogen-bond acceptors (Lipinski definition) is 2. The van der Waals surface area contributed by atoms with Crippen LogP contribution in [-0.4, -0.2) is 34.3 Å². The van der Waals surface area contributed by atoms with E-state index in [0.717, 1.165) is 0 Å². The molecule has 0 saturated heterocycles. The molecule has 0 aliphatic rings. The predicted molar refractivity (Wildman–Crippen MR) is 45.9 cm³/mol. The molecule has 114 valence electrons. The lowest BCUT2D eigenvalue weighted by molar-refractivity contribution is -0.320. The fourth-order valence-electron chi connectivity index (χ4n) is 0.616. The molecule has 0 atom stereocenters. The van der Waals surface area contributed by atoms with Gasteiger partial charge in [-0.25, -0.2) is 4.79 Å². The monoisotopic (exact) mass is 422 g/mol. The number of alkyl halides is 11. The Morgan fingerprint density at radius 1 is 0.842 bits per heavy atom. The van der Waals surface area contributed by atoms with Gasteiger partial charge in [0.05, 0.1) is 0 Å². The summed E-state index contributed by atoms with van der Waals surface area (Å²) in [6.07, 6.45) is -17.5. The maximum absolute atomic E-state index is 12.5. The first kappa shape index (κ1) is 18.5. The third kappa shape index (κ3) is 4.52. The molecular weight excluding hydrogens is 421 g/mol. The molecular formula is C6HF10IO2. The van der Waals surface area contributed by atoms with Crippen LogP contribution in [0.4, 0.5) is 43.9 Å². The van der Waals surface area contributed by atoms with Crippen LogP contribution >= 0.6 is 22.6 Å². The van der Waals surface area contributed by atoms with Gasteiger partial charge in [-0.3, -0.25) is 0 Å². The van der Waals surface area contributed by atoms with Crippen molar-refractivity contribution in [1.29, 1.82) is 0 Å². The molecule has 0 aliphatic heterocycles. The van der Waals surface area contributed by atoms with Crippen molar-refractivity contribution in [2.75, 3.05) is 0 Å². The van der Waals surface area contributed by atoms with Gasteiger partial charge in [0.25, 0.3) is 6.10 Å². The van der Waals surface area contributed by atoms with Crippen LogP contribution in [0.25, 0.3) is 0 Å². The average molecular weight is 422 g/mol. The highest BCUT2D eigenvalue weighted by atomic mass is 127. The average Bonchev–Trinajstić information content (AvgIpc) is 2.07. The number of rotatable bonds is 3. The van der Waals surface area contributed by atoms with Crippen LogP contribution in [0, 0.1) is 0 Å². The molecule has 0 saturated carbocycles. The van der Waals surface area contributed by atoms with E-state index in [-0.39, 0.29) is 22.6 Å². The summed E-state index contributed by atoms with van der Waals surface area (Å²) >= 11 is -0.323. The number of carbonyl (C=O) groups excluding carboxylic acids is 1. The summed E-state index contributed by atoms with van der Waals surface area (Å²) in [7, 11) is 0. The number of halogens is 11. The Labute approximate surface area is 111 Å². The van der Waals surface area contributed by atoms with Crippen LogP contribution in [0.1, 0.15) is 0 Å². The smallest absolute Gasteiger partial charge is 0.434 e. The third-order valence-electron chi connectivity index (χ3n) is 1.43. The van der Waals surface area contributed by atoms with Gasteiger partial charge in [-0.15, -0.1) is 0 Å². The molecule has 0 aromatic rings.